The zero-order chi connectivity index (χ0) is 15.0. The van der Waals surface area contributed by atoms with E-state index < -0.39 is 6.10 Å². The molecule has 0 spiro atoms. The number of H-pyrrole nitrogens is 2. The summed E-state index contributed by atoms with van der Waals surface area (Å²) in [7, 11) is 0. The van der Waals surface area contributed by atoms with Crippen molar-refractivity contribution in [2.75, 3.05) is 32.0 Å². The van der Waals surface area contributed by atoms with Crippen LogP contribution in [0.5, 0.6) is 0 Å². The lowest BCUT2D eigenvalue weighted by molar-refractivity contribution is 0.103. The van der Waals surface area contributed by atoms with Gasteiger partial charge in [0.1, 0.15) is 5.52 Å². The van der Waals surface area contributed by atoms with Gasteiger partial charge >= 0.3 is 0 Å². The second-order valence-electron chi connectivity index (χ2n) is 5.37. The fourth-order valence-corrected chi connectivity index (χ4v) is 2.72. The van der Waals surface area contributed by atoms with Crippen molar-refractivity contribution in [2.24, 2.45) is 5.92 Å². The summed E-state index contributed by atoms with van der Waals surface area (Å²) >= 11 is 0. The van der Waals surface area contributed by atoms with Gasteiger partial charge in [-0.3, -0.25) is 19.8 Å². The van der Waals surface area contributed by atoms with Crippen LogP contribution in [0.4, 0.5) is 5.95 Å². The van der Waals surface area contributed by atoms with E-state index in [4.69, 9.17) is 10.8 Å². The predicted octanol–water partition coefficient (Wildman–Crippen LogP) is -1.94. The summed E-state index contributed by atoms with van der Waals surface area (Å²) < 4.78 is 0. The molecule has 0 unspecified atom stereocenters. The van der Waals surface area contributed by atoms with Gasteiger partial charge in [-0.1, -0.05) is 0 Å². The van der Waals surface area contributed by atoms with Crippen molar-refractivity contribution in [3.05, 3.63) is 16.0 Å². The fourth-order valence-electron chi connectivity index (χ4n) is 2.72. The van der Waals surface area contributed by atoms with Crippen molar-refractivity contribution < 1.29 is 10.2 Å². The molecule has 0 amide bonds. The molecular weight excluding hydrogens is 276 g/mol. The number of β-amino-alcohol motifs (C(OH)–C–C–N with tert-alkyl or cyclic N) is 1. The highest BCUT2D eigenvalue weighted by Gasteiger charge is 2.30. The lowest BCUT2D eigenvalue weighted by Gasteiger charge is -2.14. The van der Waals surface area contributed by atoms with Crippen LogP contribution in [0.15, 0.2) is 4.79 Å². The maximum atomic E-state index is 11.7. The molecule has 2 aromatic heterocycles. The molecule has 0 saturated carbocycles. The molecule has 0 aliphatic carbocycles. The lowest BCUT2D eigenvalue weighted by atomic mass is 10.1. The Hall–Kier alpha value is -1.97. The highest BCUT2D eigenvalue weighted by molar-refractivity contribution is 5.76. The molecule has 3 rings (SSSR count). The van der Waals surface area contributed by atoms with Crippen molar-refractivity contribution in [3.8, 4) is 0 Å². The standard InChI is InChI=1S/C12H18N6O3/c13-12-14-9-7(16-17-10(9)11(21)15-12)1-2-18-3-6(5-19)8(20)4-18/h6,8,19-20H,1-5H2,(H,16,17)(H3,13,14,15,21)/t6-,8-/m0/s1. The van der Waals surface area contributed by atoms with Crippen LogP contribution in [0.2, 0.25) is 0 Å². The molecule has 0 radical (unpaired) electrons. The third-order valence-corrected chi connectivity index (χ3v) is 3.90. The Bertz CT molecular complexity index is 696. The normalized spacial score (nSPS) is 23.1. The van der Waals surface area contributed by atoms with E-state index in [0.29, 0.717) is 31.6 Å². The van der Waals surface area contributed by atoms with Crippen LogP contribution in [0.1, 0.15) is 5.69 Å². The summed E-state index contributed by atoms with van der Waals surface area (Å²) in [5.41, 5.74) is 6.65. The number of nitrogens with zero attached hydrogens (tertiary/aromatic N) is 3. The number of aliphatic hydroxyl groups is 2. The summed E-state index contributed by atoms with van der Waals surface area (Å²) in [6.45, 7) is 1.85. The molecule has 0 bridgehead atoms. The average molecular weight is 294 g/mol. The Morgan fingerprint density at radius 2 is 2.19 bits per heavy atom. The largest absolute Gasteiger partial charge is 0.396 e. The summed E-state index contributed by atoms with van der Waals surface area (Å²) in [5.74, 6) is -0.0350. The van der Waals surface area contributed by atoms with Gasteiger partial charge in [-0.15, -0.1) is 0 Å². The number of fused-ring (bicyclic) bond motifs is 1. The van der Waals surface area contributed by atoms with Crippen LogP contribution < -0.4 is 11.3 Å². The van der Waals surface area contributed by atoms with Gasteiger partial charge in [0.2, 0.25) is 5.95 Å². The fraction of sp³-hybridized carbons (Fsp3) is 0.583. The maximum Gasteiger partial charge on any atom is 0.280 e. The average Bonchev–Trinajstić information content (AvgIpc) is 3.00. The van der Waals surface area contributed by atoms with E-state index in [1.807, 2.05) is 0 Å². The smallest absolute Gasteiger partial charge is 0.280 e. The lowest BCUT2D eigenvalue weighted by Crippen LogP contribution is -2.24. The number of nitrogen functional groups attached to an aromatic ring is 1. The number of hydrogen-bond donors (Lipinski definition) is 5. The first-order valence-electron chi connectivity index (χ1n) is 6.82. The van der Waals surface area contributed by atoms with Gasteiger partial charge in [-0.2, -0.15) is 5.10 Å². The molecule has 1 fully saturated rings. The van der Waals surface area contributed by atoms with Crippen LogP contribution in [0.3, 0.4) is 0 Å². The van der Waals surface area contributed by atoms with Gasteiger partial charge in [0.05, 0.1) is 11.8 Å². The van der Waals surface area contributed by atoms with Crippen LogP contribution in [-0.4, -0.2) is 67.6 Å². The van der Waals surface area contributed by atoms with Gasteiger partial charge in [-0.05, 0) is 0 Å². The molecular formula is C12H18N6O3. The molecule has 1 aliphatic rings. The van der Waals surface area contributed by atoms with Crippen molar-refractivity contribution in [2.45, 2.75) is 12.5 Å². The number of aromatic nitrogens is 4. The van der Waals surface area contributed by atoms with E-state index in [-0.39, 0.29) is 29.5 Å². The molecule has 0 aromatic carbocycles. The summed E-state index contributed by atoms with van der Waals surface area (Å²) in [4.78, 5) is 20.2. The summed E-state index contributed by atoms with van der Waals surface area (Å²) in [5, 5.41) is 25.7. The number of aliphatic hydroxyl groups excluding tert-OH is 2. The van der Waals surface area contributed by atoms with Gasteiger partial charge < -0.3 is 15.9 Å². The molecule has 114 valence electrons. The molecule has 2 aromatic rings. The number of rotatable bonds is 4. The van der Waals surface area contributed by atoms with E-state index in [9.17, 15) is 9.90 Å². The Morgan fingerprint density at radius 1 is 1.38 bits per heavy atom. The second-order valence-corrected chi connectivity index (χ2v) is 5.37. The quantitative estimate of drug-likeness (QED) is 0.441. The first-order valence-corrected chi connectivity index (χ1v) is 6.82. The highest BCUT2D eigenvalue weighted by Crippen LogP contribution is 2.17. The number of nitrogens with one attached hydrogen (secondary N) is 2. The Morgan fingerprint density at radius 3 is 2.90 bits per heavy atom. The van der Waals surface area contributed by atoms with E-state index >= 15 is 0 Å². The number of likely N-dealkylation sites (tertiary alicyclic amines) is 1. The van der Waals surface area contributed by atoms with Gasteiger partial charge in [0.15, 0.2) is 5.52 Å². The van der Waals surface area contributed by atoms with Crippen molar-refractivity contribution in [1.82, 2.24) is 25.1 Å². The van der Waals surface area contributed by atoms with Gasteiger partial charge in [0.25, 0.3) is 5.56 Å². The minimum atomic E-state index is -0.495. The minimum Gasteiger partial charge on any atom is -0.396 e. The third kappa shape index (κ3) is 2.62. The number of anilines is 1. The molecule has 9 heteroatoms. The summed E-state index contributed by atoms with van der Waals surface area (Å²) in [6, 6.07) is 0. The van der Waals surface area contributed by atoms with Crippen LogP contribution in [0, 0.1) is 5.92 Å². The van der Waals surface area contributed by atoms with Crippen LogP contribution >= 0.6 is 0 Å². The van der Waals surface area contributed by atoms with E-state index in [2.05, 4.69) is 25.1 Å². The SMILES string of the molecule is Nc1nc2c(CCN3C[C@@H](CO)[C@@H](O)C3)[nH]nc2c(=O)[nH]1. The first-order chi connectivity index (χ1) is 10.1. The first kappa shape index (κ1) is 14.0. The van der Waals surface area contributed by atoms with E-state index in [1.54, 1.807) is 0 Å². The molecule has 1 saturated heterocycles. The maximum absolute atomic E-state index is 11.7. The van der Waals surface area contributed by atoms with Gasteiger partial charge in [0, 0.05) is 38.6 Å². The molecule has 9 nitrogen and oxygen atoms in total. The molecule has 2 atom stereocenters. The van der Waals surface area contributed by atoms with Crippen molar-refractivity contribution >= 4 is 17.0 Å². The number of hydrogen-bond acceptors (Lipinski definition) is 7. The van der Waals surface area contributed by atoms with E-state index in [1.165, 1.54) is 0 Å². The van der Waals surface area contributed by atoms with Crippen LogP contribution in [0.25, 0.3) is 11.0 Å². The predicted molar refractivity (Wildman–Crippen MR) is 75.6 cm³/mol. The van der Waals surface area contributed by atoms with Crippen LogP contribution in [-0.2, 0) is 6.42 Å². The van der Waals surface area contributed by atoms with Crippen molar-refractivity contribution in [3.63, 3.8) is 0 Å². The highest BCUT2D eigenvalue weighted by atomic mass is 16.3. The molecule has 21 heavy (non-hydrogen) atoms. The monoisotopic (exact) mass is 294 g/mol. The number of aromatic amines is 2. The second kappa shape index (κ2) is 5.43. The Labute approximate surface area is 119 Å². The zero-order valence-corrected chi connectivity index (χ0v) is 11.4. The molecule has 6 N–H and O–H groups in total. The molecule has 1 aliphatic heterocycles. The van der Waals surface area contributed by atoms with Crippen molar-refractivity contribution in [1.29, 1.82) is 0 Å². The van der Waals surface area contributed by atoms with E-state index in [0.717, 1.165) is 5.69 Å². The topological polar surface area (TPSA) is 144 Å². The Balaban J connectivity index is 1.73. The number of nitrogens with two attached hydrogens (primary N) is 1. The zero-order valence-electron chi connectivity index (χ0n) is 11.4. The molecule has 3 heterocycles. The Kier molecular flexibility index (Phi) is 3.62. The third-order valence-electron chi connectivity index (χ3n) is 3.90. The van der Waals surface area contributed by atoms with Gasteiger partial charge in [-0.25, -0.2) is 4.98 Å². The minimum absolute atomic E-state index is 0.0158. The summed E-state index contributed by atoms with van der Waals surface area (Å²) in [6.07, 6.45) is 0.113.